The molecular formula is C22H20N2O4S. The average Bonchev–Trinajstić information content (AvgIpc) is 2.78. The SMILES string of the molecule is COc1cc(C(=S)N2CCOCC2)ccc1OC(=O)C(C#N)=Cc1ccccc1. The van der Waals surface area contributed by atoms with Gasteiger partial charge in [-0.3, -0.25) is 0 Å². The number of thiocarbonyl (C=S) groups is 1. The number of carbonyl (C=O) groups is 1. The van der Waals surface area contributed by atoms with E-state index in [1.807, 2.05) is 24.3 Å². The molecule has 0 atom stereocenters. The molecule has 6 nitrogen and oxygen atoms in total. The fraction of sp³-hybridized carbons (Fsp3) is 0.227. The minimum atomic E-state index is -0.752. The Kier molecular flexibility index (Phi) is 6.95. The molecule has 3 rings (SSSR count). The van der Waals surface area contributed by atoms with E-state index in [2.05, 4.69) is 4.90 Å². The highest BCUT2D eigenvalue weighted by Gasteiger charge is 2.19. The number of ether oxygens (including phenoxy) is 3. The number of morpholine rings is 1. The lowest BCUT2D eigenvalue weighted by Gasteiger charge is -2.29. The van der Waals surface area contributed by atoms with E-state index in [0.717, 1.165) is 24.2 Å². The number of esters is 1. The lowest BCUT2D eigenvalue weighted by molar-refractivity contribution is -0.129. The predicted octanol–water partition coefficient (Wildman–Crippen LogP) is 3.22. The molecule has 0 aromatic heterocycles. The summed E-state index contributed by atoms with van der Waals surface area (Å²) in [5.74, 6) is -0.165. The van der Waals surface area contributed by atoms with Crippen LogP contribution in [0, 0.1) is 11.3 Å². The van der Waals surface area contributed by atoms with Crippen molar-refractivity contribution in [3.8, 4) is 17.6 Å². The first-order valence-corrected chi connectivity index (χ1v) is 9.47. The fourth-order valence-electron chi connectivity index (χ4n) is 2.84. The van der Waals surface area contributed by atoms with E-state index in [4.69, 9.17) is 26.4 Å². The summed E-state index contributed by atoms with van der Waals surface area (Å²) < 4.78 is 16.1. The van der Waals surface area contributed by atoms with Crippen LogP contribution in [0.2, 0.25) is 0 Å². The number of nitriles is 1. The molecule has 2 aromatic carbocycles. The molecule has 0 saturated carbocycles. The van der Waals surface area contributed by atoms with Gasteiger partial charge in [-0.15, -0.1) is 0 Å². The van der Waals surface area contributed by atoms with Gasteiger partial charge in [-0.05, 0) is 29.8 Å². The van der Waals surface area contributed by atoms with Crippen molar-refractivity contribution in [2.24, 2.45) is 0 Å². The molecule has 0 spiro atoms. The van der Waals surface area contributed by atoms with Gasteiger partial charge in [0.1, 0.15) is 16.6 Å². The summed E-state index contributed by atoms with van der Waals surface area (Å²) >= 11 is 5.57. The minimum absolute atomic E-state index is 0.105. The first-order chi connectivity index (χ1) is 14.1. The molecule has 148 valence electrons. The summed E-state index contributed by atoms with van der Waals surface area (Å²) in [7, 11) is 1.49. The largest absolute Gasteiger partial charge is 0.493 e. The van der Waals surface area contributed by atoms with E-state index < -0.39 is 5.97 Å². The van der Waals surface area contributed by atoms with Crippen molar-refractivity contribution < 1.29 is 19.0 Å². The lowest BCUT2D eigenvalue weighted by atomic mass is 10.1. The van der Waals surface area contributed by atoms with E-state index in [0.29, 0.717) is 24.0 Å². The molecule has 7 heteroatoms. The van der Waals surface area contributed by atoms with Crippen molar-refractivity contribution >= 4 is 29.3 Å². The van der Waals surface area contributed by atoms with Gasteiger partial charge in [0, 0.05) is 18.7 Å². The topological polar surface area (TPSA) is 71.8 Å². The van der Waals surface area contributed by atoms with E-state index in [-0.39, 0.29) is 11.3 Å². The molecule has 0 amide bonds. The summed E-state index contributed by atoms with van der Waals surface area (Å²) in [6.45, 7) is 2.73. The van der Waals surface area contributed by atoms with Gasteiger partial charge in [0.2, 0.25) is 0 Å². The molecule has 1 fully saturated rings. The molecule has 1 heterocycles. The van der Waals surface area contributed by atoms with Crippen LogP contribution in [0.4, 0.5) is 0 Å². The van der Waals surface area contributed by atoms with Gasteiger partial charge in [0.15, 0.2) is 11.5 Å². The van der Waals surface area contributed by atoms with E-state index in [1.54, 1.807) is 30.3 Å². The quantitative estimate of drug-likeness (QED) is 0.247. The summed E-state index contributed by atoms with van der Waals surface area (Å²) in [6, 6.07) is 16.1. The first kappa shape index (κ1) is 20.5. The zero-order valence-corrected chi connectivity index (χ0v) is 16.8. The van der Waals surface area contributed by atoms with Gasteiger partial charge >= 0.3 is 5.97 Å². The summed E-state index contributed by atoms with van der Waals surface area (Å²) in [5.41, 5.74) is 1.42. The Balaban J connectivity index is 1.78. The number of hydrogen-bond acceptors (Lipinski definition) is 6. The van der Waals surface area contributed by atoms with Gasteiger partial charge in [-0.25, -0.2) is 4.79 Å². The Bertz CT molecular complexity index is 961. The summed E-state index contributed by atoms with van der Waals surface area (Å²) in [5, 5.41) is 9.34. The lowest BCUT2D eigenvalue weighted by Crippen LogP contribution is -2.40. The van der Waals surface area contributed by atoms with Crippen LogP contribution in [-0.2, 0) is 9.53 Å². The molecule has 1 aliphatic heterocycles. The van der Waals surface area contributed by atoms with Crippen LogP contribution in [0.5, 0.6) is 11.5 Å². The number of rotatable bonds is 5. The number of nitrogens with zero attached hydrogens (tertiary/aromatic N) is 2. The van der Waals surface area contributed by atoms with Crippen LogP contribution in [-0.4, -0.2) is 49.3 Å². The Morgan fingerprint density at radius 2 is 1.90 bits per heavy atom. The maximum absolute atomic E-state index is 12.5. The molecule has 0 N–H and O–H groups in total. The highest BCUT2D eigenvalue weighted by Crippen LogP contribution is 2.29. The Morgan fingerprint density at radius 1 is 1.17 bits per heavy atom. The third-order valence-corrected chi connectivity index (χ3v) is 4.86. The second kappa shape index (κ2) is 9.82. The highest BCUT2D eigenvalue weighted by molar-refractivity contribution is 7.80. The van der Waals surface area contributed by atoms with Crippen molar-refractivity contribution in [1.29, 1.82) is 5.26 Å². The van der Waals surface area contributed by atoms with Crippen molar-refractivity contribution in [2.45, 2.75) is 0 Å². The van der Waals surface area contributed by atoms with E-state index in [9.17, 15) is 10.1 Å². The number of hydrogen-bond donors (Lipinski definition) is 0. The molecule has 2 aromatic rings. The van der Waals surface area contributed by atoms with Crippen LogP contribution in [0.25, 0.3) is 6.08 Å². The predicted molar refractivity (Wildman–Crippen MR) is 113 cm³/mol. The Morgan fingerprint density at radius 3 is 2.55 bits per heavy atom. The summed E-state index contributed by atoms with van der Waals surface area (Å²) in [4.78, 5) is 15.2. The molecule has 1 aliphatic rings. The average molecular weight is 408 g/mol. The minimum Gasteiger partial charge on any atom is -0.493 e. The van der Waals surface area contributed by atoms with Gasteiger partial charge in [-0.1, -0.05) is 42.5 Å². The van der Waals surface area contributed by atoms with Crippen LogP contribution >= 0.6 is 12.2 Å². The third-order valence-electron chi connectivity index (χ3n) is 4.36. The van der Waals surface area contributed by atoms with Gasteiger partial charge in [0.05, 0.1) is 20.3 Å². The first-order valence-electron chi connectivity index (χ1n) is 9.06. The Hall–Kier alpha value is -3.21. The number of methoxy groups -OCH3 is 1. The maximum atomic E-state index is 12.5. The molecular weight excluding hydrogens is 388 g/mol. The standard InChI is InChI=1S/C22H20N2O4S/c1-26-20-14-17(21(29)24-9-11-27-12-10-24)7-8-19(20)28-22(25)18(15-23)13-16-5-3-2-4-6-16/h2-8,13-14H,9-12H2,1H3. The molecule has 0 aliphatic carbocycles. The Labute approximate surface area is 174 Å². The maximum Gasteiger partial charge on any atom is 0.354 e. The smallest absolute Gasteiger partial charge is 0.354 e. The molecule has 1 saturated heterocycles. The van der Waals surface area contributed by atoms with Gasteiger partial charge in [-0.2, -0.15) is 5.26 Å². The molecule has 0 unspecified atom stereocenters. The van der Waals surface area contributed by atoms with Crippen molar-refractivity contribution in [1.82, 2.24) is 4.90 Å². The highest BCUT2D eigenvalue weighted by atomic mass is 32.1. The third kappa shape index (κ3) is 5.19. The number of benzene rings is 2. The fourth-order valence-corrected chi connectivity index (χ4v) is 3.15. The van der Waals surface area contributed by atoms with Crippen molar-refractivity contribution in [3.05, 3.63) is 65.2 Å². The van der Waals surface area contributed by atoms with Crippen LogP contribution in [0.3, 0.4) is 0 Å². The zero-order valence-electron chi connectivity index (χ0n) is 16.0. The summed E-state index contributed by atoms with van der Waals surface area (Å²) in [6.07, 6.45) is 1.48. The van der Waals surface area contributed by atoms with Gasteiger partial charge in [0.25, 0.3) is 0 Å². The van der Waals surface area contributed by atoms with E-state index in [1.165, 1.54) is 13.2 Å². The normalized spacial score (nSPS) is 14.1. The molecule has 0 bridgehead atoms. The zero-order chi connectivity index (χ0) is 20.6. The molecule has 29 heavy (non-hydrogen) atoms. The van der Waals surface area contributed by atoms with Crippen LogP contribution in [0.1, 0.15) is 11.1 Å². The monoisotopic (exact) mass is 408 g/mol. The van der Waals surface area contributed by atoms with Crippen LogP contribution in [0.15, 0.2) is 54.1 Å². The van der Waals surface area contributed by atoms with E-state index >= 15 is 0 Å². The number of carbonyl (C=O) groups excluding carboxylic acids is 1. The van der Waals surface area contributed by atoms with Crippen molar-refractivity contribution in [2.75, 3.05) is 33.4 Å². The molecule has 0 radical (unpaired) electrons. The van der Waals surface area contributed by atoms with Crippen LogP contribution < -0.4 is 9.47 Å². The second-order valence-electron chi connectivity index (χ2n) is 6.24. The van der Waals surface area contributed by atoms with Crippen molar-refractivity contribution in [3.63, 3.8) is 0 Å². The van der Waals surface area contributed by atoms with Gasteiger partial charge < -0.3 is 19.1 Å². The second-order valence-corrected chi connectivity index (χ2v) is 6.63.